The van der Waals surface area contributed by atoms with Crippen LogP contribution in [0.1, 0.15) is 27.0 Å². The van der Waals surface area contributed by atoms with E-state index in [0.29, 0.717) is 4.88 Å². The zero-order valence-electron chi connectivity index (χ0n) is 14.5. The Morgan fingerprint density at radius 2 is 1.92 bits per heavy atom. The summed E-state index contributed by atoms with van der Waals surface area (Å²) < 4.78 is 30.5. The van der Waals surface area contributed by atoms with Gasteiger partial charge in [-0.25, -0.2) is 13.2 Å². The number of carbonyl (C=O) groups excluding carboxylic acids is 2. The van der Waals surface area contributed by atoms with Gasteiger partial charge in [0.15, 0.2) is 0 Å². The summed E-state index contributed by atoms with van der Waals surface area (Å²) in [5, 5.41) is 4.47. The van der Waals surface area contributed by atoms with Crippen LogP contribution in [0.2, 0.25) is 0 Å². The molecule has 1 aromatic heterocycles. The van der Waals surface area contributed by atoms with Gasteiger partial charge in [-0.05, 0) is 30.5 Å². The van der Waals surface area contributed by atoms with Gasteiger partial charge in [-0.2, -0.15) is 0 Å². The molecule has 0 bridgehead atoms. The maximum absolute atomic E-state index is 12.2. The first kappa shape index (κ1) is 19.9. The van der Waals surface area contributed by atoms with Crippen molar-refractivity contribution in [3.8, 4) is 0 Å². The van der Waals surface area contributed by atoms with Crippen LogP contribution in [0.25, 0.3) is 0 Å². The summed E-state index contributed by atoms with van der Waals surface area (Å²) in [6.45, 7) is 1.95. The van der Waals surface area contributed by atoms with Crippen LogP contribution in [-0.4, -0.2) is 46.2 Å². The smallest absolute Gasteiger partial charge is 0.340 e. The number of thiophene rings is 1. The predicted molar refractivity (Wildman–Crippen MR) is 101 cm³/mol. The Balaban J connectivity index is 2.18. The van der Waals surface area contributed by atoms with E-state index in [2.05, 4.69) is 5.32 Å². The van der Waals surface area contributed by atoms with Crippen molar-refractivity contribution in [2.45, 2.75) is 6.92 Å². The molecule has 0 atom stereocenters. The molecule has 1 aromatic carbocycles. The second kappa shape index (κ2) is 8.81. The molecule has 0 aliphatic heterocycles. The van der Waals surface area contributed by atoms with Crippen molar-refractivity contribution in [3.63, 3.8) is 0 Å². The summed E-state index contributed by atoms with van der Waals surface area (Å²) >= 11 is 1.30. The summed E-state index contributed by atoms with van der Waals surface area (Å²) in [7, 11) is -3.66. The lowest BCUT2D eigenvalue weighted by Gasteiger charge is -2.24. The highest BCUT2D eigenvalue weighted by Crippen LogP contribution is 2.23. The number of hydrogen-bond acceptors (Lipinski definition) is 6. The van der Waals surface area contributed by atoms with E-state index in [1.807, 2.05) is 0 Å². The van der Waals surface area contributed by atoms with Crippen molar-refractivity contribution < 1.29 is 22.7 Å². The lowest BCUT2D eigenvalue weighted by molar-refractivity contribution is 0.0527. The van der Waals surface area contributed by atoms with Gasteiger partial charge in [-0.1, -0.05) is 18.2 Å². The number of anilines is 1. The molecule has 2 rings (SSSR count). The standard InChI is InChI=1S/C17H20N2O5S2/c1-3-24-17(21)13-7-4-5-8-14(13)19(26(2,22)23)11-10-18-16(20)15-9-6-12-25-15/h4-9,12H,3,10-11H2,1-2H3,(H,18,20). The second-order valence-electron chi connectivity index (χ2n) is 5.31. The number of amides is 1. The van der Waals surface area contributed by atoms with Crippen LogP contribution in [0.15, 0.2) is 41.8 Å². The molecule has 0 fully saturated rings. The molecule has 1 amide bonds. The first-order valence-electron chi connectivity index (χ1n) is 7.90. The molecule has 0 saturated carbocycles. The summed E-state index contributed by atoms with van der Waals surface area (Å²) in [4.78, 5) is 24.7. The van der Waals surface area contributed by atoms with Crippen LogP contribution in [0, 0.1) is 0 Å². The average molecular weight is 396 g/mol. The fourth-order valence-electron chi connectivity index (χ4n) is 2.30. The molecule has 9 heteroatoms. The van der Waals surface area contributed by atoms with E-state index < -0.39 is 16.0 Å². The van der Waals surface area contributed by atoms with Crippen molar-refractivity contribution in [2.75, 3.05) is 30.3 Å². The maximum atomic E-state index is 12.2. The number of nitrogens with zero attached hydrogens (tertiary/aromatic N) is 1. The van der Waals surface area contributed by atoms with Gasteiger partial charge in [0.1, 0.15) is 0 Å². The predicted octanol–water partition coefficient (Wildman–Crippen LogP) is 2.12. The van der Waals surface area contributed by atoms with Crippen molar-refractivity contribution in [3.05, 3.63) is 52.2 Å². The number of benzene rings is 1. The molecule has 2 aromatic rings. The molecule has 26 heavy (non-hydrogen) atoms. The third-order valence-corrected chi connectivity index (χ3v) is 5.46. The first-order chi connectivity index (χ1) is 12.3. The van der Waals surface area contributed by atoms with E-state index in [0.717, 1.165) is 10.6 Å². The molecule has 0 radical (unpaired) electrons. The molecular formula is C17H20N2O5S2. The molecule has 1 N–H and O–H groups in total. The first-order valence-corrected chi connectivity index (χ1v) is 10.6. The monoisotopic (exact) mass is 396 g/mol. The van der Waals surface area contributed by atoms with Gasteiger partial charge < -0.3 is 10.1 Å². The number of ether oxygens (including phenoxy) is 1. The Morgan fingerprint density at radius 1 is 1.19 bits per heavy atom. The van der Waals surface area contributed by atoms with Crippen molar-refractivity contribution in [1.82, 2.24) is 5.32 Å². The molecule has 0 saturated heterocycles. The number of para-hydroxylation sites is 1. The molecule has 1 heterocycles. The highest BCUT2D eigenvalue weighted by atomic mass is 32.2. The molecule has 0 spiro atoms. The Bertz CT molecular complexity index is 863. The van der Waals surface area contributed by atoms with Gasteiger partial charge in [0.2, 0.25) is 10.0 Å². The van der Waals surface area contributed by atoms with E-state index in [1.54, 1.807) is 36.6 Å². The topological polar surface area (TPSA) is 92.8 Å². The quantitative estimate of drug-likeness (QED) is 0.690. The average Bonchev–Trinajstić information content (AvgIpc) is 3.12. The molecule has 0 unspecified atom stereocenters. The second-order valence-corrected chi connectivity index (χ2v) is 8.16. The number of hydrogen-bond donors (Lipinski definition) is 1. The number of esters is 1. The third-order valence-electron chi connectivity index (χ3n) is 3.41. The maximum Gasteiger partial charge on any atom is 0.340 e. The Hall–Kier alpha value is -2.39. The highest BCUT2D eigenvalue weighted by Gasteiger charge is 2.23. The summed E-state index contributed by atoms with van der Waals surface area (Å²) in [6.07, 6.45) is 1.05. The van der Waals surface area contributed by atoms with E-state index in [-0.39, 0.29) is 36.9 Å². The molecule has 7 nitrogen and oxygen atoms in total. The lowest BCUT2D eigenvalue weighted by atomic mass is 10.2. The van der Waals surface area contributed by atoms with Gasteiger partial charge in [-0.15, -0.1) is 11.3 Å². The van der Waals surface area contributed by atoms with Crippen LogP contribution in [-0.2, 0) is 14.8 Å². The van der Waals surface area contributed by atoms with E-state index >= 15 is 0 Å². The number of carbonyl (C=O) groups is 2. The lowest BCUT2D eigenvalue weighted by Crippen LogP contribution is -2.38. The van der Waals surface area contributed by atoms with Crippen LogP contribution < -0.4 is 9.62 Å². The Labute approximate surface area is 156 Å². The molecule has 0 aliphatic carbocycles. The van der Waals surface area contributed by atoms with Crippen LogP contribution >= 0.6 is 11.3 Å². The number of nitrogens with one attached hydrogen (secondary N) is 1. The molecule has 0 aliphatic rings. The zero-order valence-corrected chi connectivity index (χ0v) is 16.1. The van der Waals surface area contributed by atoms with Gasteiger partial charge >= 0.3 is 5.97 Å². The number of sulfonamides is 1. The molecular weight excluding hydrogens is 376 g/mol. The minimum atomic E-state index is -3.66. The van der Waals surface area contributed by atoms with Crippen molar-refractivity contribution in [2.24, 2.45) is 0 Å². The zero-order chi connectivity index (χ0) is 19.2. The van der Waals surface area contributed by atoms with Crippen LogP contribution in [0.3, 0.4) is 0 Å². The SMILES string of the molecule is CCOC(=O)c1ccccc1N(CCNC(=O)c1cccs1)S(C)(=O)=O. The Kier molecular flexibility index (Phi) is 6.76. The third kappa shape index (κ3) is 5.06. The van der Waals surface area contributed by atoms with Gasteiger partial charge in [0.05, 0.1) is 35.5 Å². The van der Waals surface area contributed by atoms with Gasteiger partial charge in [0.25, 0.3) is 5.91 Å². The minimum absolute atomic E-state index is 0.00757. The van der Waals surface area contributed by atoms with Gasteiger partial charge in [0, 0.05) is 6.54 Å². The van der Waals surface area contributed by atoms with Crippen molar-refractivity contribution in [1.29, 1.82) is 0 Å². The van der Waals surface area contributed by atoms with Gasteiger partial charge in [-0.3, -0.25) is 9.10 Å². The summed E-state index contributed by atoms with van der Waals surface area (Å²) in [6, 6.07) is 9.77. The van der Waals surface area contributed by atoms with E-state index in [1.165, 1.54) is 23.5 Å². The van der Waals surface area contributed by atoms with Crippen LogP contribution in [0.4, 0.5) is 5.69 Å². The summed E-state index contributed by atoms with van der Waals surface area (Å²) in [5.41, 5.74) is 0.378. The van der Waals surface area contributed by atoms with E-state index in [9.17, 15) is 18.0 Å². The minimum Gasteiger partial charge on any atom is -0.462 e. The number of rotatable bonds is 8. The van der Waals surface area contributed by atoms with Crippen LogP contribution in [0.5, 0.6) is 0 Å². The Morgan fingerprint density at radius 3 is 2.54 bits per heavy atom. The normalized spacial score (nSPS) is 11.0. The molecule has 140 valence electrons. The van der Waals surface area contributed by atoms with E-state index in [4.69, 9.17) is 4.74 Å². The fourth-order valence-corrected chi connectivity index (χ4v) is 3.88. The fraction of sp³-hybridized carbons (Fsp3) is 0.294. The van der Waals surface area contributed by atoms with Crippen molar-refractivity contribution >= 4 is 38.9 Å². The highest BCUT2D eigenvalue weighted by molar-refractivity contribution is 7.92. The largest absolute Gasteiger partial charge is 0.462 e. The summed E-state index contributed by atoms with van der Waals surface area (Å²) in [5.74, 6) is -0.869.